The third-order valence-electron chi connectivity index (χ3n) is 4.02. The van der Waals surface area contributed by atoms with Crippen LogP contribution in [0.4, 0.5) is 4.11 Å². The van der Waals surface area contributed by atoms with E-state index in [9.17, 15) is 0 Å². The van der Waals surface area contributed by atoms with Crippen LogP contribution < -0.4 is 5.19 Å². The molecule has 0 saturated carbocycles. The molecule has 0 amide bonds. The van der Waals surface area contributed by atoms with Crippen molar-refractivity contribution in [2.75, 3.05) is 13.1 Å². The molecule has 0 aromatic heterocycles. The largest absolute Gasteiger partial charge is 0.421 e. The van der Waals surface area contributed by atoms with Gasteiger partial charge in [0.25, 0.3) is 0 Å². The van der Waals surface area contributed by atoms with E-state index in [1.807, 2.05) is 30.3 Å². The van der Waals surface area contributed by atoms with Crippen LogP contribution in [0.15, 0.2) is 30.3 Å². The summed E-state index contributed by atoms with van der Waals surface area (Å²) < 4.78 is 21.0. The van der Waals surface area contributed by atoms with Gasteiger partial charge in [0.15, 0.2) is 0 Å². The van der Waals surface area contributed by atoms with Crippen molar-refractivity contribution >= 4 is 30.4 Å². The van der Waals surface area contributed by atoms with Gasteiger partial charge >= 0.3 is 8.73 Å². The summed E-state index contributed by atoms with van der Waals surface area (Å²) >= 11 is 0. The summed E-state index contributed by atoms with van der Waals surface area (Å²) in [6.45, 7) is 15.4. The zero-order valence-corrected chi connectivity index (χ0v) is 16.6. The smallest absolute Gasteiger partial charge is 0.304 e. The maximum atomic E-state index is 16.4. The molecule has 0 spiro atoms. The molecule has 1 fully saturated rings. The highest BCUT2D eigenvalue weighted by Crippen LogP contribution is 2.33. The Labute approximate surface area is 126 Å². The maximum absolute atomic E-state index is 16.4. The highest BCUT2D eigenvalue weighted by molar-refractivity contribution is 6.99. The summed E-state index contributed by atoms with van der Waals surface area (Å²) in [7, 11) is -6.53. The summed E-state index contributed by atoms with van der Waals surface area (Å²) in [5.74, 6) is 0. The van der Waals surface area contributed by atoms with E-state index in [1.165, 1.54) is 0 Å². The molecule has 1 aliphatic heterocycles. The molecular formula is C14H27FN2Si3. The van der Waals surface area contributed by atoms with Crippen molar-refractivity contribution in [3.8, 4) is 0 Å². The summed E-state index contributed by atoms with van der Waals surface area (Å²) in [4.78, 5) is 0. The van der Waals surface area contributed by atoms with Crippen LogP contribution in [0.3, 0.4) is 0 Å². The second kappa shape index (κ2) is 5.17. The van der Waals surface area contributed by atoms with Gasteiger partial charge in [-0.2, -0.15) is 0 Å². The molecule has 1 aromatic rings. The van der Waals surface area contributed by atoms with Crippen molar-refractivity contribution in [1.29, 1.82) is 0 Å². The molecule has 6 heteroatoms. The molecule has 1 aromatic carbocycles. The van der Waals surface area contributed by atoms with Gasteiger partial charge in [-0.15, -0.1) is 0 Å². The average molecular weight is 327 g/mol. The van der Waals surface area contributed by atoms with Gasteiger partial charge in [-0.3, -0.25) is 4.11 Å². The first-order chi connectivity index (χ1) is 9.08. The minimum Gasteiger partial charge on any atom is -0.304 e. The highest BCUT2D eigenvalue weighted by atomic mass is 28.5. The number of benzene rings is 1. The molecule has 1 heterocycles. The molecular weight excluding hydrogens is 299 g/mol. The van der Waals surface area contributed by atoms with E-state index in [4.69, 9.17) is 0 Å². The lowest BCUT2D eigenvalue weighted by molar-refractivity contribution is 0.580. The van der Waals surface area contributed by atoms with Crippen molar-refractivity contribution in [2.45, 2.75) is 39.3 Å². The average Bonchev–Trinajstić information content (AvgIpc) is 2.69. The van der Waals surface area contributed by atoms with E-state index in [0.717, 1.165) is 18.3 Å². The van der Waals surface area contributed by atoms with Crippen LogP contribution in [-0.2, 0) is 0 Å². The van der Waals surface area contributed by atoms with Crippen LogP contribution >= 0.6 is 0 Å². The van der Waals surface area contributed by atoms with E-state index in [1.54, 1.807) is 0 Å². The lowest BCUT2D eigenvalue weighted by Gasteiger charge is -2.44. The fourth-order valence-electron chi connectivity index (χ4n) is 3.16. The SMILES string of the molecule is C[Si](C)(C)N1CCN([Si](C)(C)C)[Si]1(F)c1ccccc1. The van der Waals surface area contributed by atoms with Crippen molar-refractivity contribution in [3.63, 3.8) is 0 Å². The molecule has 2 nitrogen and oxygen atoms in total. The summed E-state index contributed by atoms with van der Waals surface area (Å²) in [5, 5.41) is 0.933. The predicted octanol–water partition coefficient (Wildman–Crippen LogP) is 3.09. The van der Waals surface area contributed by atoms with Crippen molar-refractivity contribution < 1.29 is 4.11 Å². The quantitative estimate of drug-likeness (QED) is 0.622. The first-order valence-electron chi connectivity index (χ1n) is 7.38. The number of hydrogen-bond acceptors (Lipinski definition) is 2. The van der Waals surface area contributed by atoms with Gasteiger partial charge in [-0.05, 0) is 0 Å². The predicted molar refractivity (Wildman–Crippen MR) is 93.0 cm³/mol. The lowest BCUT2D eigenvalue weighted by Crippen LogP contribution is -2.73. The summed E-state index contributed by atoms with van der Waals surface area (Å²) in [6, 6.07) is 9.93. The van der Waals surface area contributed by atoms with Crippen LogP contribution in [0.5, 0.6) is 0 Å². The molecule has 0 radical (unpaired) electrons. The Bertz CT molecular complexity index is 446. The molecule has 2 rings (SSSR count). The van der Waals surface area contributed by atoms with E-state index in [0.29, 0.717) is 0 Å². The van der Waals surface area contributed by atoms with E-state index in [-0.39, 0.29) is 0 Å². The molecule has 112 valence electrons. The second-order valence-corrected chi connectivity index (χ2v) is 21.1. The fourth-order valence-corrected chi connectivity index (χ4v) is 15.9. The van der Waals surface area contributed by atoms with Gasteiger partial charge in [0.1, 0.15) is 16.5 Å². The van der Waals surface area contributed by atoms with Crippen LogP contribution in [0.25, 0.3) is 0 Å². The Morgan fingerprint density at radius 3 is 1.60 bits per heavy atom. The Kier molecular flexibility index (Phi) is 4.16. The molecule has 1 saturated heterocycles. The Morgan fingerprint density at radius 2 is 1.25 bits per heavy atom. The first-order valence-corrected chi connectivity index (χ1v) is 16.0. The number of rotatable bonds is 3. The first kappa shape index (κ1) is 16.1. The Balaban J connectivity index is 2.55. The molecule has 0 aliphatic carbocycles. The Hall–Kier alpha value is -0.279. The van der Waals surface area contributed by atoms with Gasteiger partial charge in [0, 0.05) is 18.3 Å². The zero-order valence-electron chi connectivity index (χ0n) is 13.6. The summed E-state index contributed by atoms with van der Waals surface area (Å²) in [5.41, 5.74) is 0. The van der Waals surface area contributed by atoms with Gasteiger partial charge in [-0.1, -0.05) is 69.6 Å². The lowest BCUT2D eigenvalue weighted by atomic mass is 10.4. The van der Waals surface area contributed by atoms with Crippen LogP contribution in [0, 0.1) is 0 Å². The third kappa shape index (κ3) is 2.71. The highest BCUT2D eigenvalue weighted by Gasteiger charge is 2.60. The molecule has 20 heavy (non-hydrogen) atoms. The molecule has 0 unspecified atom stereocenters. The summed E-state index contributed by atoms with van der Waals surface area (Å²) in [6.07, 6.45) is 0. The molecule has 1 aliphatic rings. The molecule has 0 bridgehead atoms. The normalized spacial score (nSPS) is 21.4. The number of halogens is 1. The fraction of sp³-hybridized carbons (Fsp3) is 0.571. The minimum atomic E-state index is -3.20. The Morgan fingerprint density at radius 1 is 0.850 bits per heavy atom. The van der Waals surface area contributed by atoms with Gasteiger partial charge in [0.05, 0.1) is 0 Å². The molecule has 0 N–H and O–H groups in total. The van der Waals surface area contributed by atoms with E-state index < -0.39 is 25.2 Å². The zero-order chi connectivity index (χ0) is 15.2. The van der Waals surface area contributed by atoms with Crippen LogP contribution in [0.1, 0.15) is 0 Å². The maximum Gasteiger partial charge on any atom is 0.421 e. The van der Waals surface area contributed by atoms with Crippen molar-refractivity contribution in [1.82, 2.24) is 8.46 Å². The second-order valence-electron chi connectivity index (χ2n) is 7.60. The van der Waals surface area contributed by atoms with E-state index in [2.05, 4.69) is 47.7 Å². The molecule has 0 atom stereocenters. The topological polar surface area (TPSA) is 6.48 Å². The van der Waals surface area contributed by atoms with Gasteiger partial charge < -0.3 is 8.46 Å². The van der Waals surface area contributed by atoms with E-state index >= 15 is 4.11 Å². The van der Waals surface area contributed by atoms with Gasteiger partial charge in [-0.25, -0.2) is 0 Å². The van der Waals surface area contributed by atoms with Crippen LogP contribution in [-0.4, -0.2) is 46.8 Å². The standard InChI is InChI=1S/C14H27FN2Si3/c1-18(2,3)16-12-13-17(19(4,5)6)20(16,15)14-10-8-7-9-11-14/h7-11H,12-13H2,1-6H3. The van der Waals surface area contributed by atoms with Crippen molar-refractivity contribution in [3.05, 3.63) is 30.3 Å². The third-order valence-corrected chi connectivity index (χ3v) is 16.5. The van der Waals surface area contributed by atoms with Gasteiger partial charge in [0.2, 0.25) is 0 Å². The van der Waals surface area contributed by atoms with Crippen LogP contribution in [0.2, 0.25) is 39.3 Å². The number of hydrogen-bond donors (Lipinski definition) is 0. The van der Waals surface area contributed by atoms with Crippen molar-refractivity contribution in [2.24, 2.45) is 0 Å². The number of nitrogens with zero attached hydrogens (tertiary/aromatic N) is 2. The minimum absolute atomic E-state index is 0.900. The monoisotopic (exact) mass is 326 g/mol.